The fraction of sp³-hybridized carbons (Fsp3) is 0.444. The lowest BCUT2D eigenvalue weighted by atomic mass is 10.0. The molecular formula is C27H30F4N6O2. The number of halogens is 4. The van der Waals surface area contributed by atoms with Crippen LogP contribution >= 0.6 is 0 Å². The highest BCUT2D eigenvalue weighted by Gasteiger charge is 2.34. The minimum Gasteiger partial charge on any atom is -0.494 e. The molecule has 1 aliphatic heterocycles. The van der Waals surface area contributed by atoms with Gasteiger partial charge in [0.2, 0.25) is 0 Å². The highest BCUT2D eigenvalue weighted by atomic mass is 19.4. The van der Waals surface area contributed by atoms with Crippen LogP contribution in [0.4, 0.5) is 17.6 Å². The molecule has 2 atom stereocenters. The second-order valence-corrected chi connectivity index (χ2v) is 10.5. The molecule has 3 aromatic heterocycles. The number of likely N-dealkylation sites (tertiary alicyclic amines) is 1. The van der Waals surface area contributed by atoms with Crippen LogP contribution in [0.2, 0.25) is 0 Å². The number of benzene rings is 1. The number of methoxy groups -OCH3 is 1. The van der Waals surface area contributed by atoms with E-state index in [1.165, 1.54) is 18.1 Å². The first-order valence-corrected chi connectivity index (χ1v) is 12.8. The molecule has 0 bridgehead atoms. The van der Waals surface area contributed by atoms with Crippen molar-refractivity contribution in [3.63, 3.8) is 0 Å². The van der Waals surface area contributed by atoms with Gasteiger partial charge in [0.1, 0.15) is 28.8 Å². The molecule has 1 saturated carbocycles. The number of hydrogen-bond acceptors (Lipinski definition) is 5. The van der Waals surface area contributed by atoms with E-state index in [0.29, 0.717) is 51.7 Å². The number of imidazole rings is 1. The maximum absolute atomic E-state index is 14.1. The second kappa shape index (κ2) is 9.22. The van der Waals surface area contributed by atoms with Gasteiger partial charge in [0, 0.05) is 38.6 Å². The number of carbonyl (C=O) groups is 1. The molecular weight excluding hydrogens is 516 g/mol. The normalized spacial score (nSPS) is 20.2. The highest BCUT2D eigenvalue weighted by Crippen LogP contribution is 2.38. The van der Waals surface area contributed by atoms with Crippen LogP contribution in [0.15, 0.2) is 30.3 Å². The molecule has 1 aliphatic carbocycles. The molecule has 6 rings (SSSR count). The van der Waals surface area contributed by atoms with Gasteiger partial charge in [0.15, 0.2) is 5.82 Å². The van der Waals surface area contributed by atoms with Crippen LogP contribution in [0.5, 0.6) is 5.75 Å². The number of fused-ring (bicyclic) bond motifs is 2. The summed E-state index contributed by atoms with van der Waals surface area (Å²) in [5.41, 5.74) is 7.26. The Morgan fingerprint density at radius 3 is 2.62 bits per heavy atom. The highest BCUT2D eigenvalue weighted by molar-refractivity contribution is 6.00. The third-order valence-corrected chi connectivity index (χ3v) is 7.52. The number of piperidine rings is 1. The van der Waals surface area contributed by atoms with Crippen LogP contribution in [0, 0.1) is 5.92 Å². The zero-order chi connectivity index (χ0) is 27.6. The van der Waals surface area contributed by atoms with Crippen LogP contribution in [0.1, 0.15) is 36.7 Å². The number of amides is 1. The lowest BCUT2D eigenvalue weighted by Crippen LogP contribution is -2.50. The Hall–Kier alpha value is -3.67. The lowest BCUT2D eigenvalue weighted by molar-refractivity contribution is -0.141. The van der Waals surface area contributed by atoms with Gasteiger partial charge in [-0.1, -0.05) is 0 Å². The Bertz CT molecular complexity index is 1590. The van der Waals surface area contributed by atoms with Crippen molar-refractivity contribution in [1.29, 1.82) is 0 Å². The summed E-state index contributed by atoms with van der Waals surface area (Å²) in [5.74, 6) is 0.896. The van der Waals surface area contributed by atoms with Gasteiger partial charge in [-0.05, 0) is 55.5 Å². The lowest BCUT2D eigenvalue weighted by Gasteiger charge is -2.33. The van der Waals surface area contributed by atoms with Crippen LogP contribution in [0.25, 0.3) is 33.6 Å². The van der Waals surface area contributed by atoms with Gasteiger partial charge in [-0.3, -0.25) is 4.79 Å². The first-order chi connectivity index (χ1) is 18.5. The van der Waals surface area contributed by atoms with Gasteiger partial charge in [-0.2, -0.15) is 13.2 Å². The largest absolute Gasteiger partial charge is 0.494 e. The molecule has 2 N–H and O–H groups in total. The molecule has 0 spiro atoms. The van der Waals surface area contributed by atoms with Crippen molar-refractivity contribution in [3.05, 3.63) is 41.6 Å². The molecule has 12 heteroatoms. The molecule has 8 nitrogen and oxygen atoms in total. The van der Waals surface area contributed by atoms with Gasteiger partial charge < -0.3 is 24.5 Å². The van der Waals surface area contributed by atoms with Crippen LogP contribution in [-0.4, -0.2) is 62.3 Å². The topological polar surface area (TPSA) is 91.2 Å². The molecule has 2 fully saturated rings. The van der Waals surface area contributed by atoms with Crippen molar-refractivity contribution in [1.82, 2.24) is 24.0 Å². The third kappa shape index (κ3) is 4.60. The van der Waals surface area contributed by atoms with Crippen molar-refractivity contribution < 1.29 is 28.5 Å². The standard InChI is InChI=1S/C27H28F4N6O2.H2/c1-35-23-19(7-16(9-21(23)39-2)26(38)36-12-17(28)10-18(32)13-36)33-25(35)20-8-15-5-6-22(27(29,30)31)34-24(15)37(20)11-14-3-4-14;/h5-9,14,17-18H,3-4,10-13,32H2,1-2H3;1H/t17-,18-;/m1./s1. The number of carbonyl (C=O) groups excluding carboxylic acids is 1. The van der Waals surface area contributed by atoms with E-state index in [1.54, 1.807) is 34.4 Å². The fourth-order valence-corrected chi connectivity index (χ4v) is 5.46. The summed E-state index contributed by atoms with van der Waals surface area (Å²) >= 11 is 0. The Labute approximate surface area is 222 Å². The number of aryl methyl sites for hydroxylation is 1. The molecule has 0 radical (unpaired) electrons. The Kier molecular flexibility index (Phi) is 6.05. The van der Waals surface area contributed by atoms with Gasteiger partial charge in [0.05, 0.1) is 24.9 Å². The molecule has 39 heavy (non-hydrogen) atoms. The minimum atomic E-state index is -4.56. The predicted molar refractivity (Wildman–Crippen MR) is 139 cm³/mol. The first-order valence-electron chi connectivity index (χ1n) is 12.8. The fourth-order valence-electron chi connectivity index (χ4n) is 5.46. The molecule has 2 aliphatic rings. The molecule has 1 amide bonds. The van der Waals surface area contributed by atoms with Crippen LogP contribution in [0.3, 0.4) is 0 Å². The van der Waals surface area contributed by atoms with E-state index in [2.05, 4.69) is 4.98 Å². The van der Waals surface area contributed by atoms with E-state index in [4.69, 9.17) is 15.5 Å². The first kappa shape index (κ1) is 25.6. The van der Waals surface area contributed by atoms with Gasteiger partial charge in [0.25, 0.3) is 5.91 Å². The summed E-state index contributed by atoms with van der Waals surface area (Å²) in [5, 5.41) is 0.579. The van der Waals surface area contributed by atoms with E-state index >= 15 is 0 Å². The SMILES string of the molecule is COc1cc(C(=O)N2C[C@H](N)C[C@@H](F)C2)cc2nc(-c3cc4ccc(C(F)(F)F)nc4n3CC3CC3)n(C)c12.[HH]. The Morgan fingerprint density at radius 1 is 1.18 bits per heavy atom. The number of hydrogen-bond donors (Lipinski definition) is 1. The molecule has 4 heterocycles. The average molecular weight is 547 g/mol. The summed E-state index contributed by atoms with van der Waals surface area (Å²) in [6.45, 7) is 0.743. The van der Waals surface area contributed by atoms with Crippen molar-refractivity contribution in [3.8, 4) is 17.3 Å². The number of nitrogens with two attached hydrogens (primary N) is 1. The van der Waals surface area contributed by atoms with Gasteiger partial charge in [-0.25, -0.2) is 14.4 Å². The molecule has 1 saturated heterocycles. The van der Waals surface area contributed by atoms with Crippen molar-refractivity contribution >= 4 is 28.0 Å². The smallest absolute Gasteiger partial charge is 0.433 e. The molecule has 1 aromatic carbocycles. The summed E-state index contributed by atoms with van der Waals surface area (Å²) in [4.78, 5) is 23.5. The molecule has 4 aromatic rings. The zero-order valence-corrected chi connectivity index (χ0v) is 21.5. The van der Waals surface area contributed by atoms with Gasteiger partial charge >= 0.3 is 6.18 Å². The Balaban J connectivity index is 0.00000323. The number of nitrogens with zero attached hydrogens (tertiary/aromatic N) is 5. The van der Waals surface area contributed by atoms with E-state index in [-0.39, 0.29) is 32.5 Å². The van der Waals surface area contributed by atoms with Crippen LogP contribution < -0.4 is 10.5 Å². The monoisotopic (exact) mass is 546 g/mol. The van der Waals surface area contributed by atoms with Crippen molar-refractivity contribution in [2.24, 2.45) is 18.7 Å². The summed E-state index contributed by atoms with van der Waals surface area (Å²) in [7, 11) is 3.27. The zero-order valence-electron chi connectivity index (χ0n) is 21.5. The summed E-state index contributed by atoms with van der Waals surface area (Å²) < 4.78 is 63.7. The molecule has 208 valence electrons. The van der Waals surface area contributed by atoms with E-state index < -0.39 is 24.1 Å². The predicted octanol–water partition coefficient (Wildman–Crippen LogP) is 4.78. The Morgan fingerprint density at radius 2 is 1.95 bits per heavy atom. The number of ether oxygens (including phenoxy) is 1. The quantitative estimate of drug-likeness (QED) is 0.364. The maximum Gasteiger partial charge on any atom is 0.433 e. The van der Waals surface area contributed by atoms with E-state index in [9.17, 15) is 22.4 Å². The third-order valence-electron chi connectivity index (χ3n) is 7.52. The average Bonchev–Trinajstić information content (AvgIpc) is 3.55. The van der Waals surface area contributed by atoms with E-state index in [1.807, 2.05) is 0 Å². The molecule has 0 unspecified atom stereocenters. The van der Waals surface area contributed by atoms with Crippen molar-refractivity contribution in [2.75, 3.05) is 20.2 Å². The maximum atomic E-state index is 14.1. The van der Waals surface area contributed by atoms with Gasteiger partial charge in [-0.15, -0.1) is 0 Å². The number of alkyl halides is 4. The summed E-state index contributed by atoms with van der Waals surface area (Å²) in [6, 6.07) is 6.99. The number of aromatic nitrogens is 4. The number of rotatable bonds is 5. The number of pyridine rings is 1. The van der Waals surface area contributed by atoms with E-state index in [0.717, 1.165) is 18.9 Å². The minimum absolute atomic E-state index is 0. The summed E-state index contributed by atoms with van der Waals surface area (Å²) in [6.07, 6.45) is -3.54. The van der Waals surface area contributed by atoms with Crippen molar-refractivity contribution in [2.45, 2.75) is 44.2 Å². The van der Waals surface area contributed by atoms with Crippen LogP contribution in [-0.2, 0) is 19.8 Å². The second-order valence-electron chi connectivity index (χ2n) is 10.5.